The van der Waals surface area contributed by atoms with Crippen molar-refractivity contribution in [3.8, 4) is 5.75 Å². The molecule has 0 bridgehead atoms. The molecule has 1 heterocycles. The van der Waals surface area contributed by atoms with Gasteiger partial charge in [-0.3, -0.25) is 9.59 Å². The Kier molecular flexibility index (Phi) is 6.75. The van der Waals surface area contributed by atoms with E-state index in [1.807, 2.05) is 37.3 Å². The Morgan fingerprint density at radius 3 is 2.42 bits per heavy atom. The Hall–Kier alpha value is -2.96. The second-order valence-corrected chi connectivity index (χ2v) is 10.8. The van der Waals surface area contributed by atoms with Crippen LogP contribution in [0, 0.1) is 23.7 Å². The van der Waals surface area contributed by atoms with E-state index in [4.69, 9.17) is 4.65 Å². The van der Waals surface area contributed by atoms with Crippen molar-refractivity contribution >= 4 is 24.8 Å². The summed E-state index contributed by atoms with van der Waals surface area (Å²) in [6, 6.07) is 14.4. The van der Waals surface area contributed by atoms with Gasteiger partial charge < -0.3 is 14.8 Å². The van der Waals surface area contributed by atoms with Gasteiger partial charge in [-0.25, -0.2) is 0 Å². The molecule has 5 nitrogen and oxygen atoms in total. The molecule has 0 aromatic heterocycles. The van der Waals surface area contributed by atoms with E-state index < -0.39 is 13.0 Å². The molecule has 3 aliphatic rings. The SMILES string of the molecule is C/C(=C\c1ccccc1O)CC[C@H]1OB(O)C[C@H]2C1=C(C(C)C)C[C@H]1C(=O)c3ccccc3C(=O)[C@H]12. The Labute approximate surface area is 213 Å². The maximum absolute atomic E-state index is 13.7. The number of carbonyl (C=O) groups excluding carboxylic acids is 2. The number of hydrogen-bond donors (Lipinski definition) is 2. The number of benzene rings is 2. The number of hydrogen-bond acceptors (Lipinski definition) is 5. The zero-order chi connectivity index (χ0) is 25.6. The monoisotopic (exact) mass is 484 g/mol. The van der Waals surface area contributed by atoms with E-state index in [-0.39, 0.29) is 41.2 Å². The molecule has 0 unspecified atom stereocenters. The summed E-state index contributed by atoms with van der Waals surface area (Å²) in [6.07, 6.45) is 3.93. The van der Waals surface area contributed by atoms with Crippen LogP contribution in [-0.2, 0) is 4.65 Å². The van der Waals surface area contributed by atoms with Crippen molar-refractivity contribution in [2.24, 2.45) is 23.7 Å². The predicted molar refractivity (Wildman–Crippen MR) is 141 cm³/mol. The molecular formula is C30H33BO5. The lowest BCUT2D eigenvalue weighted by atomic mass is 9.53. The summed E-state index contributed by atoms with van der Waals surface area (Å²) in [5.41, 5.74) is 5.22. The van der Waals surface area contributed by atoms with Gasteiger partial charge in [-0.2, -0.15) is 0 Å². The number of fused-ring (bicyclic) bond motifs is 4. The number of aromatic hydroxyl groups is 1. The highest BCUT2D eigenvalue weighted by atomic mass is 16.5. The molecule has 2 aromatic carbocycles. The lowest BCUT2D eigenvalue weighted by Gasteiger charge is -2.48. The van der Waals surface area contributed by atoms with Gasteiger partial charge in [0.05, 0.1) is 6.10 Å². The summed E-state index contributed by atoms with van der Waals surface area (Å²) in [5, 5.41) is 20.8. The van der Waals surface area contributed by atoms with Gasteiger partial charge in [-0.1, -0.05) is 73.5 Å². The van der Waals surface area contributed by atoms with E-state index >= 15 is 0 Å². The first kappa shape index (κ1) is 24.7. The highest BCUT2D eigenvalue weighted by Gasteiger charge is 2.53. The lowest BCUT2D eigenvalue weighted by molar-refractivity contribution is 0.0593. The van der Waals surface area contributed by atoms with E-state index in [0.29, 0.717) is 30.3 Å². The fourth-order valence-electron chi connectivity index (χ4n) is 6.46. The molecule has 5 rings (SSSR count). The molecule has 2 aromatic rings. The zero-order valence-electron chi connectivity index (χ0n) is 21.1. The van der Waals surface area contributed by atoms with Gasteiger partial charge in [0.25, 0.3) is 0 Å². The van der Waals surface area contributed by atoms with Gasteiger partial charge in [0, 0.05) is 28.5 Å². The summed E-state index contributed by atoms with van der Waals surface area (Å²) < 4.78 is 6.10. The number of allylic oxidation sites excluding steroid dienone is 2. The van der Waals surface area contributed by atoms with E-state index in [0.717, 1.165) is 23.1 Å². The quantitative estimate of drug-likeness (QED) is 0.418. The van der Waals surface area contributed by atoms with Crippen LogP contribution >= 0.6 is 0 Å². The van der Waals surface area contributed by atoms with Gasteiger partial charge in [0.2, 0.25) is 0 Å². The Bertz CT molecular complexity index is 1260. The number of para-hydroxylation sites is 1. The first-order chi connectivity index (χ1) is 17.3. The summed E-state index contributed by atoms with van der Waals surface area (Å²) in [4.78, 5) is 27.2. The van der Waals surface area contributed by atoms with Gasteiger partial charge >= 0.3 is 7.12 Å². The highest BCUT2D eigenvalue weighted by Crippen LogP contribution is 2.52. The van der Waals surface area contributed by atoms with Crippen LogP contribution in [0.25, 0.3) is 6.08 Å². The molecule has 0 saturated carbocycles. The molecule has 0 amide bonds. The topological polar surface area (TPSA) is 83.8 Å². The number of ketones is 2. The van der Waals surface area contributed by atoms with Crippen LogP contribution in [0.1, 0.15) is 66.3 Å². The van der Waals surface area contributed by atoms with Gasteiger partial charge in [-0.05, 0) is 56.0 Å². The third kappa shape index (κ3) is 4.37. The summed E-state index contributed by atoms with van der Waals surface area (Å²) in [5.74, 6) is -0.526. The average Bonchev–Trinajstić information content (AvgIpc) is 2.86. The van der Waals surface area contributed by atoms with Crippen LogP contribution < -0.4 is 0 Å². The number of phenolic OH excluding ortho intramolecular Hbond substituents is 1. The van der Waals surface area contributed by atoms with Crippen molar-refractivity contribution in [3.63, 3.8) is 0 Å². The third-order valence-corrected chi connectivity index (χ3v) is 8.13. The first-order valence-corrected chi connectivity index (χ1v) is 12.9. The maximum atomic E-state index is 13.7. The largest absolute Gasteiger partial charge is 0.507 e. The van der Waals surface area contributed by atoms with E-state index in [1.165, 1.54) is 5.57 Å². The van der Waals surface area contributed by atoms with Crippen LogP contribution in [0.5, 0.6) is 5.75 Å². The zero-order valence-corrected chi connectivity index (χ0v) is 21.1. The fraction of sp³-hybridized carbons (Fsp3) is 0.400. The average molecular weight is 484 g/mol. The molecule has 2 N–H and O–H groups in total. The Balaban J connectivity index is 1.48. The van der Waals surface area contributed by atoms with Crippen LogP contribution in [0.3, 0.4) is 0 Å². The fourth-order valence-corrected chi connectivity index (χ4v) is 6.46. The minimum atomic E-state index is -0.974. The smallest absolute Gasteiger partial charge is 0.455 e. The molecule has 1 saturated heterocycles. The molecule has 1 aliphatic heterocycles. The number of rotatable bonds is 5. The highest BCUT2D eigenvalue weighted by molar-refractivity contribution is 6.43. The molecule has 1 fully saturated rings. The van der Waals surface area contributed by atoms with Crippen molar-refractivity contribution in [1.82, 2.24) is 0 Å². The molecule has 0 radical (unpaired) electrons. The van der Waals surface area contributed by atoms with Crippen LogP contribution in [0.4, 0.5) is 0 Å². The van der Waals surface area contributed by atoms with Crippen LogP contribution in [0.15, 0.2) is 65.3 Å². The van der Waals surface area contributed by atoms with Crippen molar-refractivity contribution in [1.29, 1.82) is 0 Å². The Morgan fingerprint density at radius 1 is 1.06 bits per heavy atom. The molecular weight excluding hydrogens is 451 g/mol. The molecule has 186 valence electrons. The molecule has 6 heteroatoms. The molecule has 2 aliphatic carbocycles. The second kappa shape index (κ2) is 9.83. The Morgan fingerprint density at radius 2 is 1.72 bits per heavy atom. The molecule has 36 heavy (non-hydrogen) atoms. The van der Waals surface area contributed by atoms with Crippen molar-refractivity contribution in [2.45, 2.75) is 52.5 Å². The molecule has 4 atom stereocenters. The minimum Gasteiger partial charge on any atom is -0.507 e. The summed E-state index contributed by atoms with van der Waals surface area (Å²) in [6.45, 7) is 6.29. The van der Waals surface area contributed by atoms with Gasteiger partial charge in [-0.15, -0.1) is 0 Å². The lowest BCUT2D eigenvalue weighted by Crippen LogP contribution is -2.51. The standard InChI is InChI=1S/C30H33BO5/c1-17(2)22-15-23-28(30(34)21-10-6-5-9-20(21)29(23)33)24-16-31(35)36-26(27(22)24)13-12-18(3)14-19-8-4-7-11-25(19)32/h4-11,14,17,23-24,26,28,32,35H,12-13,15-16H2,1-3H3/b18-14+/t23-,24+,26-,28-/m1/s1. The van der Waals surface area contributed by atoms with Crippen LogP contribution in [0.2, 0.25) is 6.32 Å². The van der Waals surface area contributed by atoms with E-state index in [9.17, 15) is 19.7 Å². The number of phenols is 1. The van der Waals surface area contributed by atoms with E-state index in [2.05, 4.69) is 13.8 Å². The van der Waals surface area contributed by atoms with Gasteiger partial charge in [0.15, 0.2) is 11.6 Å². The van der Waals surface area contributed by atoms with Crippen molar-refractivity contribution < 1.29 is 24.4 Å². The van der Waals surface area contributed by atoms with Gasteiger partial charge in [0.1, 0.15) is 5.75 Å². The number of carbonyl (C=O) groups is 2. The summed E-state index contributed by atoms with van der Waals surface area (Å²) >= 11 is 0. The maximum Gasteiger partial charge on any atom is 0.455 e. The van der Waals surface area contributed by atoms with Crippen molar-refractivity contribution in [3.05, 3.63) is 81.9 Å². The number of Topliss-reactive ketones (excluding diaryl/α,β-unsaturated/α-hetero) is 2. The predicted octanol–water partition coefficient (Wildman–Crippen LogP) is 5.74. The third-order valence-electron chi connectivity index (χ3n) is 8.13. The van der Waals surface area contributed by atoms with E-state index in [1.54, 1.807) is 24.3 Å². The van der Waals surface area contributed by atoms with Crippen LogP contribution in [-0.4, -0.2) is 34.9 Å². The first-order valence-electron chi connectivity index (χ1n) is 12.9. The minimum absolute atomic E-state index is 0.0176. The normalized spacial score (nSPS) is 26.1. The van der Waals surface area contributed by atoms with Crippen molar-refractivity contribution in [2.75, 3.05) is 0 Å². The second-order valence-electron chi connectivity index (χ2n) is 10.8. The summed E-state index contributed by atoms with van der Waals surface area (Å²) in [7, 11) is -0.974. The molecule has 0 spiro atoms.